The summed E-state index contributed by atoms with van der Waals surface area (Å²) in [4.78, 5) is 2.72. The Balaban J connectivity index is 1.96. The van der Waals surface area contributed by atoms with Crippen molar-refractivity contribution in [1.29, 1.82) is 0 Å². The second kappa shape index (κ2) is 6.76. The molecule has 120 valence electrons. The number of benzene rings is 1. The van der Waals surface area contributed by atoms with Gasteiger partial charge in [0.05, 0.1) is 0 Å². The van der Waals surface area contributed by atoms with Crippen LogP contribution in [-0.4, -0.2) is 18.0 Å². The maximum absolute atomic E-state index is 6.13. The van der Waals surface area contributed by atoms with Gasteiger partial charge >= 0.3 is 0 Å². The van der Waals surface area contributed by atoms with Gasteiger partial charge in [0.2, 0.25) is 0 Å². The molecule has 0 aromatic heterocycles. The van der Waals surface area contributed by atoms with Crippen molar-refractivity contribution >= 4 is 11.6 Å². The molecule has 1 aromatic rings. The third kappa shape index (κ3) is 3.41. The molecule has 2 unspecified atom stereocenters. The maximum atomic E-state index is 6.13. The molecule has 0 radical (unpaired) electrons. The summed E-state index contributed by atoms with van der Waals surface area (Å²) < 4.78 is 0. The summed E-state index contributed by atoms with van der Waals surface area (Å²) in [5.41, 5.74) is 1.63. The highest BCUT2D eigenvalue weighted by molar-refractivity contribution is 6.30. The van der Waals surface area contributed by atoms with E-state index in [1.165, 1.54) is 50.6 Å². The normalized spacial score (nSPS) is 28.8. The van der Waals surface area contributed by atoms with E-state index in [0.717, 1.165) is 23.4 Å². The van der Waals surface area contributed by atoms with Crippen molar-refractivity contribution < 1.29 is 0 Å². The molecule has 0 heterocycles. The predicted octanol–water partition coefficient (Wildman–Crippen LogP) is 5.64. The molecule has 0 amide bonds. The fourth-order valence-corrected chi connectivity index (χ4v) is 4.33. The highest BCUT2D eigenvalue weighted by atomic mass is 35.5. The number of hydrogen-bond acceptors (Lipinski definition) is 1. The number of nitrogens with zero attached hydrogens (tertiary/aromatic N) is 1. The number of hydrogen-bond donors (Lipinski definition) is 0. The van der Waals surface area contributed by atoms with Gasteiger partial charge in [0, 0.05) is 23.7 Å². The van der Waals surface area contributed by atoms with Crippen molar-refractivity contribution in [3.8, 4) is 0 Å². The quantitative estimate of drug-likeness (QED) is 0.613. The van der Waals surface area contributed by atoms with Crippen molar-refractivity contribution in [2.75, 3.05) is 13.1 Å². The lowest BCUT2D eigenvalue weighted by molar-refractivity contribution is 0.0344. The largest absolute Gasteiger partial charge is 0.290 e. The first kappa shape index (κ1) is 16.1. The van der Waals surface area contributed by atoms with E-state index < -0.39 is 0 Å². The van der Waals surface area contributed by atoms with Gasteiger partial charge in [0.15, 0.2) is 0 Å². The topological polar surface area (TPSA) is 3.24 Å². The fourth-order valence-electron chi connectivity index (χ4n) is 4.21. The molecular weight excluding hydrogens is 290 g/mol. The van der Waals surface area contributed by atoms with Crippen LogP contribution in [0.3, 0.4) is 0 Å². The predicted molar refractivity (Wildman–Crippen MR) is 95.3 cm³/mol. The lowest BCUT2D eigenvalue weighted by atomic mass is 9.71. The Morgan fingerprint density at radius 1 is 1.27 bits per heavy atom. The van der Waals surface area contributed by atoms with Crippen molar-refractivity contribution in [2.24, 2.45) is 11.8 Å². The maximum Gasteiger partial charge on any atom is 0.0466 e. The number of rotatable bonds is 6. The van der Waals surface area contributed by atoms with E-state index >= 15 is 0 Å². The molecular formula is C20H28ClN. The summed E-state index contributed by atoms with van der Waals surface area (Å²) in [7, 11) is 0. The molecule has 22 heavy (non-hydrogen) atoms. The molecule has 3 rings (SSSR count). The highest BCUT2D eigenvalue weighted by Crippen LogP contribution is 2.46. The molecule has 0 saturated heterocycles. The molecule has 2 fully saturated rings. The lowest BCUT2D eigenvalue weighted by Crippen LogP contribution is -2.50. The van der Waals surface area contributed by atoms with Gasteiger partial charge in [0.25, 0.3) is 0 Å². The van der Waals surface area contributed by atoms with Crippen molar-refractivity contribution in [3.63, 3.8) is 0 Å². The van der Waals surface area contributed by atoms with E-state index in [4.69, 9.17) is 11.6 Å². The molecule has 2 atom stereocenters. The monoisotopic (exact) mass is 317 g/mol. The molecule has 1 nitrogen and oxygen atoms in total. The van der Waals surface area contributed by atoms with Gasteiger partial charge in [-0.3, -0.25) is 4.90 Å². The van der Waals surface area contributed by atoms with E-state index in [0.29, 0.717) is 0 Å². The minimum absolute atomic E-state index is 0.180. The van der Waals surface area contributed by atoms with Gasteiger partial charge in [-0.25, -0.2) is 0 Å². The van der Waals surface area contributed by atoms with Crippen molar-refractivity contribution in [3.05, 3.63) is 47.5 Å². The molecule has 0 spiro atoms. The van der Waals surface area contributed by atoms with Gasteiger partial charge in [-0.05, 0) is 55.2 Å². The van der Waals surface area contributed by atoms with Crippen LogP contribution < -0.4 is 0 Å². The van der Waals surface area contributed by atoms with Gasteiger partial charge < -0.3 is 0 Å². The van der Waals surface area contributed by atoms with Gasteiger partial charge in [0.1, 0.15) is 0 Å². The average molecular weight is 318 g/mol. The van der Waals surface area contributed by atoms with Crippen LogP contribution in [0, 0.1) is 11.8 Å². The van der Waals surface area contributed by atoms with Gasteiger partial charge in [-0.1, -0.05) is 49.6 Å². The molecule has 1 aromatic carbocycles. The zero-order chi connectivity index (χ0) is 15.6. The molecule has 2 aliphatic rings. The Kier molecular flexibility index (Phi) is 4.94. The van der Waals surface area contributed by atoms with E-state index in [1.807, 2.05) is 0 Å². The molecule has 2 saturated carbocycles. The Bertz CT molecular complexity index is 505. The van der Waals surface area contributed by atoms with Crippen LogP contribution in [0.25, 0.3) is 0 Å². The van der Waals surface area contributed by atoms with E-state index in [9.17, 15) is 0 Å². The van der Waals surface area contributed by atoms with Crippen LogP contribution in [0.1, 0.15) is 51.0 Å². The second-order valence-electron chi connectivity index (χ2n) is 7.38. The lowest BCUT2D eigenvalue weighted by Gasteiger charge is -2.49. The van der Waals surface area contributed by atoms with Crippen LogP contribution in [0.2, 0.25) is 5.02 Å². The first-order valence-electron chi connectivity index (χ1n) is 8.76. The zero-order valence-electron chi connectivity index (χ0n) is 13.7. The zero-order valence-corrected chi connectivity index (χ0v) is 14.5. The molecule has 0 aliphatic heterocycles. The standard InChI is InChI=1S/C20H28ClN/c1-3-13-22(15-17-6-7-17)20(12-4-5-16(2)14-20)18-8-10-19(21)11-9-18/h3,8-11,16-17H,1,4-7,12-15H2,2H3. The summed E-state index contributed by atoms with van der Waals surface area (Å²) in [6.07, 6.45) is 10.1. The Morgan fingerprint density at radius 3 is 2.59 bits per heavy atom. The summed E-state index contributed by atoms with van der Waals surface area (Å²) in [5.74, 6) is 1.69. The summed E-state index contributed by atoms with van der Waals surface area (Å²) in [6.45, 7) is 8.64. The third-order valence-electron chi connectivity index (χ3n) is 5.49. The summed E-state index contributed by atoms with van der Waals surface area (Å²) in [6, 6.07) is 8.62. The molecule has 2 heteroatoms. The van der Waals surface area contributed by atoms with Gasteiger partial charge in [-0.2, -0.15) is 0 Å². The molecule has 0 bridgehead atoms. The van der Waals surface area contributed by atoms with E-state index in [2.05, 4.69) is 48.7 Å². The average Bonchev–Trinajstić information content (AvgIpc) is 3.31. The Labute approximate surface area is 140 Å². The fraction of sp³-hybridized carbons (Fsp3) is 0.600. The van der Waals surface area contributed by atoms with Crippen molar-refractivity contribution in [2.45, 2.75) is 51.0 Å². The van der Waals surface area contributed by atoms with E-state index in [1.54, 1.807) is 0 Å². The number of halogens is 1. The van der Waals surface area contributed by atoms with Crippen LogP contribution in [0.15, 0.2) is 36.9 Å². The van der Waals surface area contributed by atoms with Crippen LogP contribution in [0.4, 0.5) is 0 Å². The SMILES string of the molecule is C=CCN(CC1CC1)C1(c2ccc(Cl)cc2)CCCC(C)C1. The van der Waals surface area contributed by atoms with Crippen LogP contribution in [-0.2, 0) is 5.54 Å². The van der Waals surface area contributed by atoms with Crippen LogP contribution in [0.5, 0.6) is 0 Å². The van der Waals surface area contributed by atoms with Gasteiger partial charge in [-0.15, -0.1) is 6.58 Å². The smallest absolute Gasteiger partial charge is 0.0466 e. The first-order chi connectivity index (χ1) is 10.6. The highest BCUT2D eigenvalue weighted by Gasteiger charge is 2.42. The molecule has 2 aliphatic carbocycles. The second-order valence-corrected chi connectivity index (χ2v) is 7.81. The van der Waals surface area contributed by atoms with E-state index in [-0.39, 0.29) is 5.54 Å². The minimum atomic E-state index is 0.180. The third-order valence-corrected chi connectivity index (χ3v) is 5.74. The Morgan fingerprint density at radius 2 is 2.00 bits per heavy atom. The van der Waals surface area contributed by atoms with Crippen molar-refractivity contribution in [1.82, 2.24) is 4.90 Å². The van der Waals surface area contributed by atoms with Crippen LogP contribution >= 0.6 is 11.6 Å². The Hall–Kier alpha value is -0.790. The summed E-state index contributed by atoms with van der Waals surface area (Å²) >= 11 is 6.13. The summed E-state index contributed by atoms with van der Waals surface area (Å²) in [5, 5.41) is 0.834. The molecule has 0 N–H and O–H groups in total. The minimum Gasteiger partial charge on any atom is -0.290 e. The first-order valence-corrected chi connectivity index (χ1v) is 9.14.